The Hall–Kier alpha value is -2.78. The number of anilines is 1. The highest BCUT2D eigenvalue weighted by atomic mass is 32.2. The van der Waals surface area contributed by atoms with Gasteiger partial charge in [-0.1, -0.05) is 29.1 Å². The fourth-order valence-electron chi connectivity index (χ4n) is 2.43. The molecule has 0 saturated carbocycles. The van der Waals surface area contributed by atoms with Gasteiger partial charge in [0.05, 0.1) is 16.0 Å². The number of halogens is 1. The zero-order valence-corrected chi connectivity index (χ0v) is 15.7. The Morgan fingerprint density at radius 1 is 1.26 bits per heavy atom. The molecular weight excluding hydrogens is 387 g/mol. The first kappa shape index (κ1) is 17.6. The first-order valence-corrected chi connectivity index (χ1v) is 9.75. The van der Waals surface area contributed by atoms with Gasteiger partial charge in [-0.3, -0.25) is 4.79 Å². The number of aryl methyl sites for hydroxylation is 1. The van der Waals surface area contributed by atoms with E-state index in [-0.39, 0.29) is 17.5 Å². The van der Waals surface area contributed by atoms with E-state index in [0.717, 1.165) is 25.7 Å². The molecule has 0 aliphatic heterocycles. The SMILES string of the molecule is Cc1cc(NC(=O)CSc2ncnc3cc(-c4ccc(F)cc4)sc23)no1. The van der Waals surface area contributed by atoms with E-state index in [1.54, 1.807) is 25.1 Å². The van der Waals surface area contributed by atoms with E-state index in [0.29, 0.717) is 11.6 Å². The Labute approximate surface area is 161 Å². The van der Waals surface area contributed by atoms with E-state index >= 15 is 0 Å². The van der Waals surface area contributed by atoms with Gasteiger partial charge < -0.3 is 9.84 Å². The summed E-state index contributed by atoms with van der Waals surface area (Å²) in [6, 6.07) is 9.91. The van der Waals surface area contributed by atoms with E-state index in [2.05, 4.69) is 20.4 Å². The van der Waals surface area contributed by atoms with E-state index in [1.807, 2.05) is 6.07 Å². The van der Waals surface area contributed by atoms with Gasteiger partial charge in [0.15, 0.2) is 5.82 Å². The van der Waals surface area contributed by atoms with Crippen LogP contribution in [0.25, 0.3) is 20.7 Å². The number of amides is 1. The van der Waals surface area contributed by atoms with Crippen molar-refractivity contribution in [2.75, 3.05) is 11.1 Å². The standard InChI is InChI=1S/C18H13FN4O2S2/c1-10-6-15(23-25-10)22-16(24)8-26-18-17-13(20-9-21-18)7-14(27-17)11-2-4-12(19)5-3-11/h2-7,9H,8H2,1H3,(H,22,23,24). The number of nitrogens with zero attached hydrogens (tertiary/aromatic N) is 3. The van der Waals surface area contributed by atoms with Crippen LogP contribution in [0.1, 0.15) is 5.76 Å². The van der Waals surface area contributed by atoms with Gasteiger partial charge in [0, 0.05) is 10.9 Å². The van der Waals surface area contributed by atoms with Gasteiger partial charge in [-0.25, -0.2) is 14.4 Å². The fourth-order valence-corrected chi connectivity index (χ4v) is 4.43. The second-order valence-corrected chi connectivity index (χ2v) is 7.69. The van der Waals surface area contributed by atoms with E-state index in [1.165, 1.54) is 41.6 Å². The van der Waals surface area contributed by atoms with E-state index in [4.69, 9.17) is 4.52 Å². The third-order valence-corrected chi connectivity index (χ3v) is 5.94. The largest absolute Gasteiger partial charge is 0.360 e. The molecule has 0 radical (unpaired) electrons. The number of fused-ring (bicyclic) bond motifs is 1. The van der Waals surface area contributed by atoms with Crippen LogP contribution in [-0.4, -0.2) is 26.8 Å². The lowest BCUT2D eigenvalue weighted by Crippen LogP contribution is -2.14. The smallest absolute Gasteiger partial charge is 0.236 e. The first-order valence-electron chi connectivity index (χ1n) is 7.95. The summed E-state index contributed by atoms with van der Waals surface area (Å²) in [5, 5.41) is 7.14. The maximum Gasteiger partial charge on any atom is 0.236 e. The minimum Gasteiger partial charge on any atom is -0.360 e. The minimum atomic E-state index is -0.274. The third kappa shape index (κ3) is 3.99. The number of aromatic nitrogens is 3. The lowest BCUT2D eigenvalue weighted by atomic mass is 10.2. The molecule has 3 aromatic heterocycles. The summed E-state index contributed by atoms with van der Waals surface area (Å²) in [6.07, 6.45) is 1.48. The molecule has 0 bridgehead atoms. The van der Waals surface area contributed by atoms with Crippen molar-refractivity contribution in [2.24, 2.45) is 0 Å². The van der Waals surface area contributed by atoms with Crippen molar-refractivity contribution < 1.29 is 13.7 Å². The van der Waals surface area contributed by atoms with Gasteiger partial charge in [0.2, 0.25) is 5.91 Å². The van der Waals surface area contributed by atoms with Gasteiger partial charge in [0.25, 0.3) is 0 Å². The summed E-state index contributed by atoms with van der Waals surface area (Å²) < 4.78 is 19.0. The molecule has 27 heavy (non-hydrogen) atoms. The number of rotatable bonds is 5. The molecule has 0 aliphatic rings. The average Bonchev–Trinajstić information content (AvgIpc) is 3.27. The molecule has 0 saturated heterocycles. The van der Waals surface area contributed by atoms with Gasteiger partial charge in [0.1, 0.15) is 22.9 Å². The molecule has 3 heterocycles. The Bertz CT molecular complexity index is 1110. The molecule has 1 aromatic carbocycles. The Morgan fingerprint density at radius 3 is 2.81 bits per heavy atom. The molecule has 0 fully saturated rings. The summed E-state index contributed by atoms with van der Waals surface area (Å²) in [4.78, 5) is 21.7. The van der Waals surface area contributed by atoms with Gasteiger partial charge in [-0.2, -0.15) is 0 Å². The lowest BCUT2D eigenvalue weighted by molar-refractivity contribution is -0.113. The summed E-state index contributed by atoms with van der Waals surface area (Å²) >= 11 is 2.84. The molecule has 1 N–H and O–H groups in total. The summed E-state index contributed by atoms with van der Waals surface area (Å²) in [6.45, 7) is 1.75. The van der Waals surface area contributed by atoms with Crippen LogP contribution >= 0.6 is 23.1 Å². The number of hydrogen-bond acceptors (Lipinski definition) is 7. The molecule has 0 unspecified atom stereocenters. The van der Waals surface area contributed by atoms with Crippen molar-refractivity contribution >= 4 is 45.0 Å². The number of carbonyl (C=O) groups excluding carboxylic acids is 1. The average molecular weight is 400 g/mol. The zero-order chi connectivity index (χ0) is 18.8. The predicted molar refractivity (Wildman–Crippen MR) is 103 cm³/mol. The van der Waals surface area contributed by atoms with E-state index < -0.39 is 0 Å². The Balaban J connectivity index is 1.51. The van der Waals surface area contributed by atoms with Crippen molar-refractivity contribution in [1.29, 1.82) is 0 Å². The van der Waals surface area contributed by atoms with Crippen LogP contribution in [0.2, 0.25) is 0 Å². The normalized spacial score (nSPS) is 11.0. The predicted octanol–water partition coefficient (Wildman–Crippen LogP) is 4.52. The van der Waals surface area contributed by atoms with Gasteiger partial charge in [-0.15, -0.1) is 11.3 Å². The summed E-state index contributed by atoms with van der Waals surface area (Å²) in [7, 11) is 0. The van der Waals surface area contributed by atoms with Crippen LogP contribution in [-0.2, 0) is 4.79 Å². The quantitative estimate of drug-likeness (QED) is 0.392. The molecule has 9 heteroatoms. The van der Waals surface area contributed by atoms with Crippen LogP contribution in [0.5, 0.6) is 0 Å². The van der Waals surface area contributed by atoms with Crippen LogP contribution in [0.15, 0.2) is 52.3 Å². The molecule has 0 atom stereocenters. The molecule has 4 rings (SSSR count). The molecule has 4 aromatic rings. The highest BCUT2D eigenvalue weighted by molar-refractivity contribution is 8.00. The van der Waals surface area contributed by atoms with Crippen molar-refractivity contribution in [2.45, 2.75) is 11.9 Å². The molecule has 1 amide bonds. The van der Waals surface area contributed by atoms with Crippen LogP contribution in [0.4, 0.5) is 10.2 Å². The third-order valence-electron chi connectivity index (χ3n) is 3.64. The second kappa shape index (κ2) is 7.45. The fraction of sp³-hybridized carbons (Fsp3) is 0.111. The van der Waals surface area contributed by atoms with Crippen LogP contribution in [0.3, 0.4) is 0 Å². The van der Waals surface area contributed by atoms with E-state index in [9.17, 15) is 9.18 Å². The Kier molecular flexibility index (Phi) is 4.87. The molecule has 6 nitrogen and oxygen atoms in total. The summed E-state index contributed by atoms with van der Waals surface area (Å²) in [5.74, 6) is 0.726. The number of carbonyl (C=O) groups is 1. The monoisotopic (exact) mass is 400 g/mol. The maximum atomic E-state index is 13.1. The number of benzene rings is 1. The van der Waals surface area contributed by atoms with Crippen LogP contribution < -0.4 is 5.32 Å². The van der Waals surface area contributed by atoms with Crippen molar-refractivity contribution in [3.8, 4) is 10.4 Å². The molecule has 0 aliphatic carbocycles. The maximum absolute atomic E-state index is 13.1. The lowest BCUT2D eigenvalue weighted by Gasteiger charge is -2.02. The molecular formula is C18H13FN4O2S2. The number of thiophene rings is 1. The zero-order valence-electron chi connectivity index (χ0n) is 14.1. The van der Waals surface area contributed by atoms with Crippen LogP contribution in [0, 0.1) is 12.7 Å². The second-order valence-electron chi connectivity index (χ2n) is 5.67. The number of hydrogen-bond donors (Lipinski definition) is 1. The van der Waals surface area contributed by atoms with Crippen molar-refractivity contribution in [3.63, 3.8) is 0 Å². The molecule has 136 valence electrons. The highest BCUT2D eigenvalue weighted by Crippen LogP contribution is 2.36. The van der Waals surface area contributed by atoms with Gasteiger partial charge >= 0.3 is 0 Å². The number of nitrogens with one attached hydrogen (secondary N) is 1. The first-order chi connectivity index (χ1) is 13.1. The Morgan fingerprint density at radius 2 is 2.07 bits per heavy atom. The molecule has 0 spiro atoms. The van der Waals surface area contributed by atoms with Gasteiger partial charge in [-0.05, 0) is 30.7 Å². The topological polar surface area (TPSA) is 80.9 Å². The van der Waals surface area contributed by atoms with Crippen molar-refractivity contribution in [1.82, 2.24) is 15.1 Å². The van der Waals surface area contributed by atoms with Crippen molar-refractivity contribution in [3.05, 3.63) is 54.3 Å². The highest BCUT2D eigenvalue weighted by Gasteiger charge is 2.13. The number of thioether (sulfide) groups is 1. The minimum absolute atomic E-state index is 0.182. The summed E-state index contributed by atoms with van der Waals surface area (Å²) in [5.41, 5.74) is 1.71.